The highest BCUT2D eigenvalue weighted by Gasteiger charge is 2.26. The van der Waals surface area contributed by atoms with Gasteiger partial charge in [0, 0.05) is 6.54 Å². The number of thiophene rings is 1. The molecule has 0 spiro atoms. The zero-order valence-corrected chi connectivity index (χ0v) is 20.2. The largest absolute Gasteiger partial charge is 0.332 e. The number of sulfone groups is 1. The minimum absolute atomic E-state index is 0.0738. The highest BCUT2D eigenvalue weighted by atomic mass is 32.2. The second kappa shape index (κ2) is 10.3. The predicted octanol–water partition coefficient (Wildman–Crippen LogP) is 4.77. The lowest BCUT2D eigenvalue weighted by Gasteiger charge is -2.21. The molecule has 2 aromatic carbocycles. The zero-order chi connectivity index (χ0) is 24.1. The first-order chi connectivity index (χ1) is 16.4. The van der Waals surface area contributed by atoms with Crippen LogP contribution in [0.2, 0.25) is 0 Å². The van der Waals surface area contributed by atoms with Gasteiger partial charge in [-0.25, -0.2) is 17.8 Å². The van der Waals surface area contributed by atoms with Crippen molar-refractivity contribution in [2.75, 3.05) is 6.54 Å². The number of halogens is 1. The molecule has 6 nitrogen and oxygen atoms in total. The van der Waals surface area contributed by atoms with Gasteiger partial charge in [-0.05, 0) is 41.6 Å². The van der Waals surface area contributed by atoms with Crippen LogP contribution in [-0.2, 0) is 28.7 Å². The van der Waals surface area contributed by atoms with Crippen molar-refractivity contribution in [2.24, 2.45) is 0 Å². The lowest BCUT2D eigenvalue weighted by atomic mass is 10.2. The molecule has 176 valence electrons. The van der Waals surface area contributed by atoms with Gasteiger partial charge in [0.25, 0.3) is 5.91 Å². The van der Waals surface area contributed by atoms with E-state index in [4.69, 9.17) is 0 Å². The fourth-order valence-corrected chi connectivity index (χ4v) is 5.83. The molecule has 0 aliphatic heterocycles. The summed E-state index contributed by atoms with van der Waals surface area (Å²) in [5.41, 5.74) is 2.00. The third-order valence-electron chi connectivity index (χ3n) is 5.39. The van der Waals surface area contributed by atoms with Crippen LogP contribution in [0.25, 0.3) is 0 Å². The van der Waals surface area contributed by atoms with Gasteiger partial charge in [0.15, 0.2) is 0 Å². The molecule has 34 heavy (non-hydrogen) atoms. The van der Waals surface area contributed by atoms with Crippen molar-refractivity contribution in [2.45, 2.75) is 30.9 Å². The van der Waals surface area contributed by atoms with Crippen LogP contribution in [0.1, 0.15) is 33.4 Å². The van der Waals surface area contributed by atoms with Crippen molar-refractivity contribution in [3.8, 4) is 0 Å². The van der Waals surface area contributed by atoms with Crippen LogP contribution >= 0.6 is 11.3 Å². The molecule has 2 heterocycles. The summed E-state index contributed by atoms with van der Waals surface area (Å²) in [5.74, 6) is -0.839. The van der Waals surface area contributed by atoms with E-state index in [0.717, 1.165) is 5.56 Å². The standard InChI is InChI=1S/C25H24FN3O3S2/c1-2-28(24(30)23-9-6-14-33-23)17-22-15-27-25(29(22)16-19-7-4-3-5-8-19)34(31,32)18-20-10-12-21(26)13-11-20/h3-15H,2,16-18H2,1H3. The Morgan fingerprint density at radius 1 is 1.03 bits per heavy atom. The molecule has 1 amide bonds. The summed E-state index contributed by atoms with van der Waals surface area (Å²) in [6.45, 7) is 2.86. The molecule has 4 aromatic rings. The number of aromatic nitrogens is 2. The number of hydrogen-bond acceptors (Lipinski definition) is 5. The Morgan fingerprint density at radius 2 is 1.76 bits per heavy atom. The van der Waals surface area contributed by atoms with Crippen LogP contribution in [0.5, 0.6) is 0 Å². The summed E-state index contributed by atoms with van der Waals surface area (Å²) in [4.78, 5) is 19.5. The van der Waals surface area contributed by atoms with Gasteiger partial charge >= 0.3 is 0 Å². The fourth-order valence-electron chi connectivity index (χ4n) is 3.64. The maximum absolute atomic E-state index is 13.3. The quantitative estimate of drug-likeness (QED) is 0.334. The molecular formula is C25H24FN3O3S2. The maximum Gasteiger partial charge on any atom is 0.264 e. The van der Waals surface area contributed by atoms with Gasteiger partial charge < -0.3 is 9.47 Å². The molecule has 0 N–H and O–H groups in total. The van der Waals surface area contributed by atoms with Gasteiger partial charge in [0.05, 0.1) is 35.6 Å². The van der Waals surface area contributed by atoms with Crippen LogP contribution < -0.4 is 0 Å². The summed E-state index contributed by atoms with van der Waals surface area (Å²) in [6.07, 6.45) is 1.52. The van der Waals surface area contributed by atoms with E-state index in [1.54, 1.807) is 15.5 Å². The van der Waals surface area contributed by atoms with Crippen LogP contribution in [0.3, 0.4) is 0 Å². The Balaban J connectivity index is 1.69. The van der Waals surface area contributed by atoms with Crippen LogP contribution in [0.4, 0.5) is 4.39 Å². The molecule has 0 aliphatic carbocycles. The summed E-state index contributed by atoms with van der Waals surface area (Å²) in [6, 6.07) is 18.5. The number of nitrogens with zero attached hydrogens (tertiary/aromatic N) is 3. The van der Waals surface area contributed by atoms with E-state index in [2.05, 4.69) is 4.98 Å². The average molecular weight is 498 g/mol. The topological polar surface area (TPSA) is 72.3 Å². The Morgan fingerprint density at radius 3 is 2.41 bits per heavy atom. The fraction of sp³-hybridized carbons (Fsp3) is 0.200. The Bertz CT molecular complexity index is 1350. The Labute approximate surface area is 202 Å². The van der Waals surface area contributed by atoms with E-state index in [9.17, 15) is 17.6 Å². The maximum atomic E-state index is 13.3. The van der Waals surface area contributed by atoms with Crippen LogP contribution in [0.15, 0.2) is 83.5 Å². The SMILES string of the molecule is CCN(Cc1cnc(S(=O)(=O)Cc2ccc(F)cc2)n1Cc1ccccc1)C(=O)c1cccs1. The van der Waals surface area contributed by atoms with Gasteiger partial charge in [0.2, 0.25) is 15.0 Å². The molecule has 0 radical (unpaired) electrons. The summed E-state index contributed by atoms with van der Waals surface area (Å²) in [7, 11) is -3.83. The highest BCUT2D eigenvalue weighted by Crippen LogP contribution is 2.22. The number of amides is 1. The van der Waals surface area contributed by atoms with Crippen LogP contribution in [0, 0.1) is 5.82 Å². The molecule has 0 aliphatic rings. The summed E-state index contributed by atoms with van der Waals surface area (Å²) < 4.78 is 41.6. The number of rotatable bonds is 9. The molecular weight excluding hydrogens is 473 g/mol. The van der Waals surface area contributed by atoms with Crippen molar-refractivity contribution in [3.05, 3.63) is 106 Å². The first-order valence-electron chi connectivity index (χ1n) is 10.8. The van der Waals surface area contributed by atoms with E-state index in [1.807, 2.05) is 48.7 Å². The van der Waals surface area contributed by atoms with Gasteiger partial charge in [-0.3, -0.25) is 4.79 Å². The van der Waals surface area contributed by atoms with Gasteiger partial charge in [0.1, 0.15) is 5.82 Å². The second-order valence-electron chi connectivity index (χ2n) is 7.79. The first kappa shape index (κ1) is 23.8. The van der Waals surface area contributed by atoms with Gasteiger partial charge in [-0.15, -0.1) is 11.3 Å². The minimum Gasteiger partial charge on any atom is -0.332 e. The Hall–Kier alpha value is -3.30. The van der Waals surface area contributed by atoms with E-state index in [-0.39, 0.29) is 23.4 Å². The summed E-state index contributed by atoms with van der Waals surface area (Å²) in [5, 5.41) is 1.77. The molecule has 0 saturated carbocycles. The third-order valence-corrected chi connectivity index (χ3v) is 7.84. The molecule has 0 atom stereocenters. The second-order valence-corrected chi connectivity index (χ2v) is 10.6. The first-order valence-corrected chi connectivity index (χ1v) is 13.3. The monoisotopic (exact) mass is 497 g/mol. The molecule has 0 fully saturated rings. The predicted molar refractivity (Wildman–Crippen MR) is 130 cm³/mol. The highest BCUT2D eigenvalue weighted by molar-refractivity contribution is 7.90. The van der Waals surface area contributed by atoms with Crippen LogP contribution in [-0.4, -0.2) is 35.3 Å². The number of hydrogen-bond donors (Lipinski definition) is 0. The minimum atomic E-state index is -3.83. The molecule has 0 unspecified atom stereocenters. The lowest BCUT2D eigenvalue weighted by molar-refractivity contribution is 0.0753. The van der Waals surface area contributed by atoms with E-state index >= 15 is 0 Å². The zero-order valence-electron chi connectivity index (χ0n) is 18.6. The molecule has 9 heteroatoms. The van der Waals surface area contributed by atoms with Gasteiger partial charge in [-0.1, -0.05) is 48.5 Å². The van der Waals surface area contributed by atoms with E-state index < -0.39 is 15.7 Å². The van der Waals surface area contributed by atoms with Gasteiger partial charge in [-0.2, -0.15) is 0 Å². The summed E-state index contributed by atoms with van der Waals surface area (Å²) >= 11 is 1.37. The van der Waals surface area contributed by atoms with Crippen molar-refractivity contribution in [1.82, 2.24) is 14.5 Å². The van der Waals surface area contributed by atoms with Crippen molar-refractivity contribution in [1.29, 1.82) is 0 Å². The lowest BCUT2D eigenvalue weighted by Crippen LogP contribution is -2.31. The number of benzene rings is 2. The van der Waals surface area contributed by atoms with E-state index in [1.165, 1.54) is 41.8 Å². The number of carbonyl (C=O) groups excluding carboxylic acids is 1. The molecule has 0 saturated heterocycles. The molecule has 0 bridgehead atoms. The normalized spacial score (nSPS) is 11.5. The van der Waals surface area contributed by atoms with E-state index in [0.29, 0.717) is 29.2 Å². The molecule has 2 aromatic heterocycles. The van der Waals surface area contributed by atoms with Crippen molar-refractivity contribution in [3.63, 3.8) is 0 Å². The smallest absolute Gasteiger partial charge is 0.264 e. The number of imidazole rings is 1. The average Bonchev–Trinajstić information content (AvgIpc) is 3.50. The van der Waals surface area contributed by atoms with Crippen molar-refractivity contribution >= 4 is 27.1 Å². The molecule has 4 rings (SSSR count). The number of carbonyl (C=O) groups is 1. The van der Waals surface area contributed by atoms with Crippen molar-refractivity contribution < 1.29 is 17.6 Å². The Kier molecular flexibility index (Phi) is 7.23. The third kappa shape index (κ3) is 5.43.